The molecular formula is C19H27N. The molecule has 0 amide bonds. The Hall–Kier alpha value is -0.820. The van der Waals surface area contributed by atoms with Crippen molar-refractivity contribution in [2.75, 3.05) is 6.54 Å². The average molecular weight is 269 g/mol. The predicted molar refractivity (Wildman–Crippen MR) is 83.7 cm³/mol. The fourth-order valence-corrected chi connectivity index (χ4v) is 5.71. The maximum atomic E-state index is 3.42. The van der Waals surface area contributed by atoms with E-state index in [2.05, 4.69) is 36.5 Å². The lowest BCUT2D eigenvalue weighted by Crippen LogP contribution is -2.48. The van der Waals surface area contributed by atoms with Gasteiger partial charge in [0.1, 0.15) is 0 Å². The zero-order valence-corrected chi connectivity index (χ0v) is 12.7. The largest absolute Gasteiger partial charge is 0.313 e. The fourth-order valence-electron chi connectivity index (χ4n) is 5.71. The molecule has 1 N–H and O–H groups in total. The molecule has 1 aromatic rings. The molecule has 20 heavy (non-hydrogen) atoms. The molecule has 108 valence electrons. The van der Waals surface area contributed by atoms with Gasteiger partial charge in [0, 0.05) is 6.54 Å². The van der Waals surface area contributed by atoms with Gasteiger partial charge in [-0.1, -0.05) is 31.2 Å². The van der Waals surface area contributed by atoms with Crippen molar-refractivity contribution in [2.45, 2.75) is 57.4 Å². The van der Waals surface area contributed by atoms with Gasteiger partial charge >= 0.3 is 0 Å². The van der Waals surface area contributed by atoms with Crippen LogP contribution in [-0.2, 0) is 12.0 Å². The first-order valence-electron chi connectivity index (χ1n) is 8.57. The van der Waals surface area contributed by atoms with Crippen LogP contribution in [0.5, 0.6) is 0 Å². The maximum Gasteiger partial charge on any atom is 0.0205 e. The molecule has 0 aliphatic heterocycles. The second kappa shape index (κ2) is 4.87. The summed E-state index contributed by atoms with van der Waals surface area (Å²) in [5, 5.41) is 3.42. The Labute approximate surface area is 123 Å². The van der Waals surface area contributed by atoms with E-state index in [1.807, 2.05) is 0 Å². The van der Waals surface area contributed by atoms with Gasteiger partial charge in [0.05, 0.1) is 0 Å². The van der Waals surface area contributed by atoms with Gasteiger partial charge in [0.15, 0.2) is 0 Å². The van der Waals surface area contributed by atoms with Crippen LogP contribution in [0.25, 0.3) is 0 Å². The van der Waals surface area contributed by atoms with Gasteiger partial charge < -0.3 is 5.32 Å². The maximum absolute atomic E-state index is 3.42. The Morgan fingerprint density at radius 1 is 0.950 bits per heavy atom. The highest BCUT2D eigenvalue weighted by Crippen LogP contribution is 2.60. The van der Waals surface area contributed by atoms with Crippen molar-refractivity contribution in [3.63, 3.8) is 0 Å². The van der Waals surface area contributed by atoms with Crippen LogP contribution in [0.15, 0.2) is 24.3 Å². The summed E-state index contributed by atoms with van der Waals surface area (Å²) in [5.74, 6) is 3.13. The molecular weight excluding hydrogens is 242 g/mol. The van der Waals surface area contributed by atoms with Crippen LogP contribution >= 0.6 is 0 Å². The van der Waals surface area contributed by atoms with Crippen molar-refractivity contribution in [1.82, 2.24) is 5.32 Å². The zero-order valence-electron chi connectivity index (χ0n) is 12.7. The Morgan fingerprint density at radius 2 is 1.50 bits per heavy atom. The van der Waals surface area contributed by atoms with E-state index in [1.165, 1.54) is 44.1 Å². The first kappa shape index (κ1) is 12.9. The van der Waals surface area contributed by atoms with Gasteiger partial charge in [-0.3, -0.25) is 0 Å². The molecule has 0 atom stereocenters. The Kier molecular flexibility index (Phi) is 3.14. The smallest absolute Gasteiger partial charge is 0.0205 e. The molecule has 0 spiro atoms. The lowest BCUT2D eigenvalue weighted by atomic mass is 9.48. The van der Waals surface area contributed by atoms with Crippen LogP contribution in [-0.4, -0.2) is 6.54 Å². The van der Waals surface area contributed by atoms with Crippen LogP contribution in [0, 0.1) is 17.8 Å². The molecule has 4 aliphatic carbocycles. The minimum atomic E-state index is 0.561. The Bertz CT molecular complexity index is 438. The van der Waals surface area contributed by atoms with E-state index in [0.717, 1.165) is 30.8 Å². The van der Waals surface area contributed by atoms with E-state index < -0.39 is 0 Å². The number of nitrogens with one attached hydrogen (secondary N) is 1. The molecule has 1 heteroatoms. The summed E-state index contributed by atoms with van der Waals surface area (Å²) in [5.41, 5.74) is 3.64. The molecule has 1 aromatic carbocycles. The van der Waals surface area contributed by atoms with Gasteiger partial charge in [0.25, 0.3) is 0 Å². The van der Waals surface area contributed by atoms with Crippen LogP contribution in [0.2, 0.25) is 0 Å². The molecule has 4 aliphatic rings. The minimum Gasteiger partial charge on any atom is -0.313 e. The lowest BCUT2D eigenvalue weighted by Gasteiger charge is -2.57. The molecule has 0 radical (unpaired) electrons. The highest BCUT2D eigenvalue weighted by atomic mass is 14.8. The highest BCUT2D eigenvalue weighted by molar-refractivity contribution is 5.32. The van der Waals surface area contributed by atoms with E-state index in [-0.39, 0.29) is 0 Å². The van der Waals surface area contributed by atoms with Crippen molar-refractivity contribution in [1.29, 1.82) is 0 Å². The van der Waals surface area contributed by atoms with Crippen LogP contribution in [0.4, 0.5) is 0 Å². The zero-order chi connectivity index (χ0) is 13.6. The van der Waals surface area contributed by atoms with E-state index in [9.17, 15) is 0 Å². The molecule has 4 saturated carbocycles. The second-order valence-corrected chi connectivity index (χ2v) is 7.68. The Morgan fingerprint density at radius 3 is 2.00 bits per heavy atom. The van der Waals surface area contributed by atoms with E-state index in [0.29, 0.717) is 5.41 Å². The SMILES string of the molecule is CCNCc1ccc(C23CC4CC(CC(C4)C2)C3)cc1. The third-order valence-electron chi connectivity index (χ3n) is 6.18. The van der Waals surface area contributed by atoms with E-state index in [1.54, 1.807) is 5.56 Å². The van der Waals surface area contributed by atoms with Crippen molar-refractivity contribution >= 4 is 0 Å². The summed E-state index contributed by atoms with van der Waals surface area (Å²) < 4.78 is 0. The first-order chi connectivity index (χ1) is 9.77. The van der Waals surface area contributed by atoms with Gasteiger partial charge in [-0.25, -0.2) is 0 Å². The molecule has 1 nitrogen and oxygen atoms in total. The molecule has 5 rings (SSSR count). The van der Waals surface area contributed by atoms with E-state index >= 15 is 0 Å². The molecule has 0 aromatic heterocycles. The van der Waals surface area contributed by atoms with Crippen LogP contribution in [0.1, 0.15) is 56.6 Å². The third kappa shape index (κ3) is 2.11. The third-order valence-corrected chi connectivity index (χ3v) is 6.18. The summed E-state index contributed by atoms with van der Waals surface area (Å²) in [6.45, 7) is 4.23. The summed E-state index contributed by atoms with van der Waals surface area (Å²) in [6, 6.07) is 9.60. The standard InChI is InChI=1S/C19H27N/c1-2-20-13-14-3-5-18(6-4-14)19-10-15-7-16(11-19)9-17(8-15)12-19/h3-6,15-17,20H,2,7-13H2,1H3. The molecule has 0 heterocycles. The normalized spacial score (nSPS) is 38.4. The van der Waals surface area contributed by atoms with Gasteiger partial charge in [0.2, 0.25) is 0 Å². The summed E-state index contributed by atoms with van der Waals surface area (Å²) in [7, 11) is 0. The van der Waals surface area contributed by atoms with Gasteiger partial charge in [-0.2, -0.15) is 0 Å². The summed E-state index contributed by atoms with van der Waals surface area (Å²) >= 11 is 0. The van der Waals surface area contributed by atoms with Crippen molar-refractivity contribution in [2.24, 2.45) is 17.8 Å². The summed E-state index contributed by atoms with van der Waals surface area (Å²) in [4.78, 5) is 0. The quantitative estimate of drug-likeness (QED) is 0.861. The lowest BCUT2D eigenvalue weighted by molar-refractivity contribution is -0.00519. The monoisotopic (exact) mass is 269 g/mol. The van der Waals surface area contributed by atoms with Gasteiger partial charge in [-0.15, -0.1) is 0 Å². The van der Waals surface area contributed by atoms with E-state index in [4.69, 9.17) is 0 Å². The molecule has 4 bridgehead atoms. The number of hydrogen-bond donors (Lipinski definition) is 1. The summed E-state index contributed by atoms with van der Waals surface area (Å²) in [6.07, 6.45) is 9.05. The van der Waals surface area contributed by atoms with Crippen molar-refractivity contribution in [3.05, 3.63) is 35.4 Å². The first-order valence-corrected chi connectivity index (χ1v) is 8.57. The van der Waals surface area contributed by atoms with Crippen molar-refractivity contribution < 1.29 is 0 Å². The van der Waals surface area contributed by atoms with Crippen LogP contribution < -0.4 is 5.32 Å². The molecule has 0 saturated heterocycles. The van der Waals surface area contributed by atoms with Crippen LogP contribution in [0.3, 0.4) is 0 Å². The number of rotatable bonds is 4. The Balaban J connectivity index is 1.57. The fraction of sp³-hybridized carbons (Fsp3) is 0.684. The van der Waals surface area contributed by atoms with Gasteiger partial charge in [-0.05, 0) is 79.4 Å². The number of benzene rings is 1. The van der Waals surface area contributed by atoms with Crippen molar-refractivity contribution in [3.8, 4) is 0 Å². The second-order valence-electron chi connectivity index (χ2n) is 7.68. The average Bonchev–Trinajstić information content (AvgIpc) is 2.44. The topological polar surface area (TPSA) is 12.0 Å². The predicted octanol–water partition coefficient (Wildman–Crippen LogP) is 4.26. The molecule has 0 unspecified atom stereocenters. The molecule has 4 fully saturated rings. The number of hydrogen-bond acceptors (Lipinski definition) is 1. The highest BCUT2D eigenvalue weighted by Gasteiger charge is 2.51. The minimum absolute atomic E-state index is 0.561.